The normalized spacial score (nSPS) is 17.7. The van der Waals surface area contributed by atoms with Crippen molar-refractivity contribution in [1.82, 2.24) is 30.6 Å². The first kappa shape index (κ1) is 23.5. The molecule has 0 spiro atoms. The second-order valence-electron chi connectivity index (χ2n) is 8.18. The van der Waals surface area contributed by atoms with Gasteiger partial charge in [0.15, 0.2) is 12.2 Å². The van der Waals surface area contributed by atoms with Crippen LogP contribution >= 0.6 is 11.3 Å². The Morgan fingerprint density at radius 1 is 1.18 bits per heavy atom. The lowest BCUT2D eigenvalue weighted by atomic mass is 10.1. The number of nitrogens with one attached hydrogen (secondary N) is 2. The summed E-state index contributed by atoms with van der Waals surface area (Å²) in [7, 11) is 0. The van der Waals surface area contributed by atoms with Gasteiger partial charge in [0.2, 0.25) is 5.91 Å². The molecule has 1 aromatic carbocycles. The molecule has 0 saturated carbocycles. The summed E-state index contributed by atoms with van der Waals surface area (Å²) in [6.07, 6.45) is -0.398. The quantitative estimate of drug-likeness (QED) is 0.378. The Morgan fingerprint density at radius 3 is 2.53 bits per heavy atom. The molecule has 3 N–H and O–H groups in total. The molecule has 1 saturated heterocycles. The summed E-state index contributed by atoms with van der Waals surface area (Å²) in [6.45, 7) is 6.14. The number of carboxylic acid groups (broad SMARTS) is 1. The maximum absolute atomic E-state index is 12.9. The minimum Gasteiger partial charge on any atom is -0.479 e. The molecule has 1 fully saturated rings. The number of carbonyl (C=O) groups is 3. The van der Waals surface area contributed by atoms with Gasteiger partial charge in [-0.25, -0.2) is 14.5 Å². The van der Waals surface area contributed by atoms with Crippen molar-refractivity contribution in [1.29, 1.82) is 0 Å². The molecule has 0 radical (unpaired) electrons. The molecular formula is C22H24N6O5S. The summed E-state index contributed by atoms with van der Waals surface area (Å²) in [6, 6.07) is 3.18. The third-order valence-corrected chi connectivity index (χ3v) is 6.01. The molecular weight excluding hydrogens is 460 g/mol. The number of aliphatic carboxylic acids is 1. The number of hydrogen-bond donors (Lipinski definition) is 3. The Morgan fingerprint density at radius 2 is 1.91 bits per heavy atom. The van der Waals surface area contributed by atoms with Gasteiger partial charge in [-0.05, 0) is 31.9 Å². The van der Waals surface area contributed by atoms with Crippen molar-refractivity contribution in [2.45, 2.75) is 52.0 Å². The average Bonchev–Trinajstić information content (AvgIpc) is 3.17. The average molecular weight is 485 g/mol. The number of rotatable bonds is 9. The molecule has 178 valence electrons. The second kappa shape index (κ2) is 9.69. The number of nitrogens with zero attached hydrogens (tertiary/aromatic N) is 4. The van der Waals surface area contributed by atoms with E-state index in [1.165, 1.54) is 11.3 Å². The van der Waals surface area contributed by atoms with Crippen LogP contribution in [-0.4, -0.2) is 61.1 Å². The van der Waals surface area contributed by atoms with Gasteiger partial charge in [0.05, 0.1) is 29.6 Å². The molecule has 0 unspecified atom stereocenters. The fourth-order valence-electron chi connectivity index (χ4n) is 3.83. The van der Waals surface area contributed by atoms with E-state index in [2.05, 4.69) is 38.1 Å². The van der Waals surface area contributed by atoms with Gasteiger partial charge in [0, 0.05) is 11.8 Å². The van der Waals surface area contributed by atoms with E-state index in [9.17, 15) is 14.4 Å². The number of benzene rings is 1. The molecule has 2 aromatic heterocycles. The third-order valence-electron chi connectivity index (χ3n) is 5.37. The van der Waals surface area contributed by atoms with E-state index in [0.717, 1.165) is 22.4 Å². The summed E-state index contributed by atoms with van der Waals surface area (Å²) in [5.74, 6) is -2.33. The Bertz CT molecular complexity index is 1200. The number of hydrogen-bond acceptors (Lipinski definition) is 8. The number of carbonyl (C=O) groups excluding carboxylic acids is 2. The smallest absolute Gasteiger partial charge is 0.336 e. The first-order valence-electron chi connectivity index (χ1n) is 10.6. The number of aromatic nitrogens is 4. The monoisotopic (exact) mass is 484 g/mol. The van der Waals surface area contributed by atoms with Crippen molar-refractivity contribution in [3.8, 4) is 5.69 Å². The zero-order valence-electron chi connectivity index (χ0n) is 18.8. The van der Waals surface area contributed by atoms with Gasteiger partial charge in [-0.2, -0.15) is 0 Å². The van der Waals surface area contributed by atoms with Crippen LogP contribution in [0, 0.1) is 20.8 Å². The van der Waals surface area contributed by atoms with Crippen LogP contribution in [0.4, 0.5) is 0 Å². The highest BCUT2D eigenvalue weighted by Gasteiger charge is 2.51. The van der Waals surface area contributed by atoms with Crippen molar-refractivity contribution < 1.29 is 24.2 Å². The minimum atomic E-state index is -1.22. The zero-order valence-corrected chi connectivity index (χ0v) is 19.6. The van der Waals surface area contributed by atoms with E-state index in [1.54, 1.807) is 21.8 Å². The maximum Gasteiger partial charge on any atom is 0.336 e. The maximum atomic E-state index is 12.9. The molecule has 3 heterocycles. The molecule has 3 atom stereocenters. The van der Waals surface area contributed by atoms with E-state index in [4.69, 9.17) is 9.84 Å². The summed E-state index contributed by atoms with van der Waals surface area (Å²) >= 11 is 1.37. The number of epoxide rings is 1. The molecule has 11 nitrogen and oxygen atoms in total. The summed E-state index contributed by atoms with van der Waals surface area (Å²) in [5, 5.41) is 24.4. The number of thiazole rings is 1. The van der Waals surface area contributed by atoms with Gasteiger partial charge in [-0.15, -0.1) is 16.4 Å². The van der Waals surface area contributed by atoms with Crippen molar-refractivity contribution in [3.05, 3.63) is 57.3 Å². The molecule has 1 aliphatic heterocycles. The van der Waals surface area contributed by atoms with Gasteiger partial charge in [-0.3, -0.25) is 9.59 Å². The standard InChI is InChI=1S/C22H24N6O5S/c1-11-4-12(2)17(13(3)5-11)28-8-15(26-27-28)7-23-20(29)16(6-14-9-34-10-24-14)25-21(30)18-19(33-18)22(31)32/h4-5,8-10,16,18-19H,6-7H2,1-3H3,(H,23,29)(H,25,30)(H,31,32)/t16-,18-,19-/m0/s1. The zero-order chi connectivity index (χ0) is 24.4. The minimum absolute atomic E-state index is 0.101. The fourth-order valence-corrected chi connectivity index (χ4v) is 4.40. The summed E-state index contributed by atoms with van der Waals surface area (Å²) in [5.41, 5.74) is 7.02. The molecule has 12 heteroatoms. The van der Waals surface area contributed by atoms with Gasteiger partial charge in [-0.1, -0.05) is 22.9 Å². The SMILES string of the molecule is Cc1cc(C)c(-n2cc(CNC(=O)[C@H](Cc3cscn3)NC(=O)[C@H]3O[C@@H]3C(=O)O)nn2)c(C)c1. The summed E-state index contributed by atoms with van der Waals surface area (Å²) < 4.78 is 6.56. The van der Waals surface area contributed by atoms with Crippen LogP contribution < -0.4 is 10.6 Å². The van der Waals surface area contributed by atoms with E-state index >= 15 is 0 Å². The van der Waals surface area contributed by atoms with Gasteiger partial charge >= 0.3 is 5.97 Å². The lowest BCUT2D eigenvalue weighted by Gasteiger charge is -2.17. The number of carboxylic acids is 1. The van der Waals surface area contributed by atoms with Crippen LogP contribution in [0.3, 0.4) is 0 Å². The highest BCUT2D eigenvalue weighted by atomic mass is 32.1. The Kier molecular flexibility index (Phi) is 6.70. The van der Waals surface area contributed by atoms with Crippen LogP contribution in [0.25, 0.3) is 5.69 Å². The van der Waals surface area contributed by atoms with Crippen molar-refractivity contribution >= 4 is 29.1 Å². The molecule has 34 heavy (non-hydrogen) atoms. The third kappa shape index (κ3) is 5.29. The number of aryl methyl sites for hydroxylation is 3. The van der Waals surface area contributed by atoms with Crippen LogP contribution in [0.5, 0.6) is 0 Å². The van der Waals surface area contributed by atoms with Gasteiger partial charge in [0.1, 0.15) is 11.7 Å². The van der Waals surface area contributed by atoms with Crippen molar-refractivity contribution in [2.24, 2.45) is 0 Å². The Hall–Kier alpha value is -3.64. The van der Waals surface area contributed by atoms with Crippen LogP contribution in [0.2, 0.25) is 0 Å². The Labute approximate surface area is 199 Å². The molecule has 3 aromatic rings. The number of ether oxygens (including phenoxy) is 1. The topological polar surface area (TPSA) is 152 Å². The molecule has 0 aliphatic carbocycles. The largest absolute Gasteiger partial charge is 0.479 e. The fraction of sp³-hybridized carbons (Fsp3) is 0.364. The van der Waals surface area contributed by atoms with Crippen LogP contribution in [-0.2, 0) is 32.1 Å². The highest BCUT2D eigenvalue weighted by Crippen LogP contribution is 2.23. The van der Waals surface area contributed by atoms with E-state index < -0.39 is 36.0 Å². The first-order chi connectivity index (χ1) is 16.2. The first-order valence-corrected chi connectivity index (χ1v) is 11.5. The van der Waals surface area contributed by atoms with Gasteiger partial charge < -0.3 is 20.5 Å². The van der Waals surface area contributed by atoms with Gasteiger partial charge in [0.25, 0.3) is 5.91 Å². The highest BCUT2D eigenvalue weighted by molar-refractivity contribution is 7.07. The van der Waals surface area contributed by atoms with E-state index in [1.807, 2.05) is 20.8 Å². The van der Waals surface area contributed by atoms with Crippen molar-refractivity contribution in [2.75, 3.05) is 0 Å². The Balaban J connectivity index is 1.42. The van der Waals surface area contributed by atoms with Crippen molar-refractivity contribution in [3.63, 3.8) is 0 Å². The molecule has 4 rings (SSSR count). The van der Waals surface area contributed by atoms with Crippen LogP contribution in [0.1, 0.15) is 28.1 Å². The molecule has 0 bridgehead atoms. The predicted molar refractivity (Wildman–Crippen MR) is 121 cm³/mol. The van der Waals surface area contributed by atoms with E-state index in [-0.39, 0.29) is 13.0 Å². The van der Waals surface area contributed by atoms with E-state index in [0.29, 0.717) is 11.4 Å². The lowest BCUT2D eigenvalue weighted by Crippen LogP contribution is -2.49. The van der Waals surface area contributed by atoms with Crippen LogP contribution in [0.15, 0.2) is 29.2 Å². The second-order valence-corrected chi connectivity index (χ2v) is 8.90. The lowest BCUT2D eigenvalue weighted by molar-refractivity contribution is -0.138. The molecule has 1 aliphatic rings. The predicted octanol–water partition coefficient (Wildman–Crippen LogP) is 0.845. The number of amides is 2. The molecule has 2 amide bonds. The summed E-state index contributed by atoms with van der Waals surface area (Å²) in [4.78, 5) is 40.4.